The van der Waals surface area contributed by atoms with Crippen molar-refractivity contribution < 1.29 is 9.53 Å². The predicted octanol–water partition coefficient (Wildman–Crippen LogP) is 2.54. The van der Waals surface area contributed by atoms with Crippen LogP contribution >= 0.6 is 11.6 Å². The minimum absolute atomic E-state index is 0.0342. The van der Waals surface area contributed by atoms with Crippen LogP contribution in [-0.2, 0) is 11.2 Å². The lowest BCUT2D eigenvalue weighted by Crippen LogP contribution is -2.40. The second-order valence-electron chi connectivity index (χ2n) is 5.98. The van der Waals surface area contributed by atoms with Crippen molar-refractivity contribution in [2.45, 2.75) is 6.42 Å². The summed E-state index contributed by atoms with van der Waals surface area (Å²) in [4.78, 5) is 18.1. The van der Waals surface area contributed by atoms with Crippen molar-refractivity contribution in [2.24, 2.45) is 5.92 Å². The van der Waals surface area contributed by atoms with Gasteiger partial charge in [0, 0.05) is 25.7 Å². The summed E-state index contributed by atoms with van der Waals surface area (Å²) in [6, 6.07) is 11.6. The van der Waals surface area contributed by atoms with E-state index in [-0.39, 0.29) is 12.5 Å². The Bertz CT molecular complexity index is 706. The maximum absolute atomic E-state index is 12.1. The van der Waals surface area contributed by atoms with Gasteiger partial charge in [-0.3, -0.25) is 4.79 Å². The first-order valence-electron chi connectivity index (χ1n) is 7.92. The van der Waals surface area contributed by atoms with Crippen molar-refractivity contribution in [3.05, 3.63) is 53.2 Å². The van der Waals surface area contributed by atoms with Gasteiger partial charge >= 0.3 is 0 Å². The molecule has 1 amide bonds. The standard InChI is InChI=1S/C18H20ClN3O2/c1-22(17-7-6-15(19)10-20-17)11-18(23)21-9-13-8-14-4-2-3-5-16(14)24-12-13/h2-7,10,13H,8-9,11-12H2,1H3,(H,21,23). The number of halogens is 1. The number of pyridine rings is 1. The Balaban J connectivity index is 1.47. The van der Waals surface area contributed by atoms with E-state index in [1.165, 1.54) is 5.56 Å². The Morgan fingerprint density at radius 2 is 2.21 bits per heavy atom. The summed E-state index contributed by atoms with van der Waals surface area (Å²) in [6.45, 7) is 1.49. The highest BCUT2D eigenvalue weighted by Crippen LogP contribution is 2.26. The minimum atomic E-state index is -0.0342. The highest BCUT2D eigenvalue weighted by atomic mass is 35.5. The summed E-state index contributed by atoms with van der Waals surface area (Å²) >= 11 is 5.82. The molecule has 2 aromatic rings. The summed E-state index contributed by atoms with van der Waals surface area (Å²) in [7, 11) is 1.83. The van der Waals surface area contributed by atoms with E-state index in [1.54, 1.807) is 23.2 Å². The van der Waals surface area contributed by atoms with E-state index < -0.39 is 0 Å². The van der Waals surface area contributed by atoms with Crippen LogP contribution in [0.15, 0.2) is 42.6 Å². The molecule has 126 valence electrons. The van der Waals surface area contributed by atoms with Crippen molar-refractivity contribution in [1.82, 2.24) is 10.3 Å². The molecule has 1 aliphatic rings. The van der Waals surface area contributed by atoms with Crippen LogP contribution in [-0.4, -0.2) is 37.6 Å². The van der Waals surface area contributed by atoms with Crippen LogP contribution in [0.1, 0.15) is 5.56 Å². The molecule has 1 aromatic heterocycles. The number of rotatable bonds is 5. The van der Waals surface area contributed by atoms with E-state index >= 15 is 0 Å². The number of amides is 1. The SMILES string of the molecule is CN(CC(=O)NCC1COc2ccccc2C1)c1ccc(Cl)cn1. The maximum atomic E-state index is 12.1. The molecule has 0 spiro atoms. The predicted molar refractivity (Wildman–Crippen MR) is 94.7 cm³/mol. The molecule has 0 bridgehead atoms. The molecule has 3 rings (SSSR count). The van der Waals surface area contributed by atoms with Crippen LogP contribution in [0.3, 0.4) is 0 Å². The molecule has 1 aromatic carbocycles. The van der Waals surface area contributed by atoms with Gasteiger partial charge in [-0.25, -0.2) is 4.98 Å². The fraction of sp³-hybridized carbons (Fsp3) is 0.333. The van der Waals surface area contributed by atoms with E-state index in [0.29, 0.717) is 29.9 Å². The molecule has 24 heavy (non-hydrogen) atoms. The van der Waals surface area contributed by atoms with Crippen molar-refractivity contribution >= 4 is 23.3 Å². The molecular formula is C18H20ClN3O2. The van der Waals surface area contributed by atoms with E-state index in [0.717, 1.165) is 12.2 Å². The van der Waals surface area contributed by atoms with Crippen LogP contribution in [0.2, 0.25) is 5.02 Å². The van der Waals surface area contributed by atoms with Crippen LogP contribution in [0, 0.1) is 5.92 Å². The number of ether oxygens (including phenoxy) is 1. The van der Waals surface area contributed by atoms with E-state index in [1.807, 2.05) is 25.2 Å². The number of hydrogen-bond donors (Lipinski definition) is 1. The fourth-order valence-electron chi connectivity index (χ4n) is 2.73. The fourth-order valence-corrected chi connectivity index (χ4v) is 2.84. The Morgan fingerprint density at radius 1 is 1.38 bits per heavy atom. The minimum Gasteiger partial charge on any atom is -0.493 e. The number of hydrogen-bond acceptors (Lipinski definition) is 4. The van der Waals surface area contributed by atoms with Crippen molar-refractivity contribution in [3.63, 3.8) is 0 Å². The molecular weight excluding hydrogens is 326 g/mol. The number of nitrogens with zero attached hydrogens (tertiary/aromatic N) is 2. The molecule has 0 fully saturated rings. The van der Waals surface area contributed by atoms with Gasteiger partial charge in [0.1, 0.15) is 11.6 Å². The molecule has 0 aliphatic carbocycles. The quantitative estimate of drug-likeness (QED) is 0.904. The van der Waals surface area contributed by atoms with Crippen LogP contribution in [0.5, 0.6) is 5.75 Å². The zero-order valence-electron chi connectivity index (χ0n) is 13.5. The second kappa shape index (κ2) is 7.53. The third-order valence-corrected chi connectivity index (χ3v) is 4.25. The highest BCUT2D eigenvalue weighted by molar-refractivity contribution is 6.30. The van der Waals surface area contributed by atoms with Crippen LogP contribution in [0.4, 0.5) is 5.82 Å². The largest absolute Gasteiger partial charge is 0.493 e. The van der Waals surface area contributed by atoms with Gasteiger partial charge in [0.05, 0.1) is 18.2 Å². The smallest absolute Gasteiger partial charge is 0.239 e. The molecule has 0 saturated heterocycles. The second-order valence-corrected chi connectivity index (χ2v) is 6.42. The molecule has 1 unspecified atom stereocenters. The molecule has 2 heterocycles. The Kier molecular flexibility index (Phi) is 5.20. The van der Waals surface area contributed by atoms with Gasteiger partial charge < -0.3 is 15.0 Å². The summed E-state index contributed by atoms with van der Waals surface area (Å²) in [6.07, 6.45) is 2.49. The van der Waals surface area contributed by atoms with E-state index in [9.17, 15) is 4.79 Å². The van der Waals surface area contributed by atoms with Gasteiger partial charge in [-0.05, 0) is 30.2 Å². The lowest BCUT2D eigenvalue weighted by atomic mass is 9.97. The first kappa shape index (κ1) is 16.6. The number of para-hydroxylation sites is 1. The number of aromatic nitrogens is 1. The lowest BCUT2D eigenvalue weighted by Gasteiger charge is -2.26. The average Bonchev–Trinajstić information content (AvgIpc) is 2.60. The number of anilines is 1. The van der Waals surface area contributed by atoms with E-state index in [4.69, 9.17) is 16.3 Å². The third-order valence-electron chi connectivity index (χ3n) is 4.03. The summed E-state index contributed by atoms with van der Waals surface area (Å²) in [5, 5.41) is 3.56. The molecule has 6 heteroatoms. The van der Waals surface area contributed by atoms with Crippen molar-refractivity contribution in [3.8, 4) is 5.75 Å². The molecule has 1 N–H and O–H groups in total. The van der Waals surface area contributed by atoms with Crippen molar-refractivity contribution in [2.75, 3.05) is 31.6 Å². The van der Waals surface area contributed by atoms with Gasteiger partial charge in [-0.1, -0.05) is 29.8 Å². The Hall–Kier alpha value is -2.27. The summed E-state index contributed by atoms with van der Waals surface area (Å²) < 4.78 is 5.75. The monoisotopic (exact) mass is 345 g/mol. The van der Waals surface area contributed by atoms with Gasteiger partial charge in [0.15, 0.2) is 0 Å². The zero-order valence-corrected chi connectivity index (χ0v) is 14.3. The first-order chi connectivity index (χ1) is 11.6. The molecule has 5 nitrogen and oxygen atoms in total. The van der Waals surface area contributed by atoms with Gasteiger partial charge in [0.25, 0.3) is 0 Å². The van der Waals surface area contributed by atoms with Crippen LogP contribution < -0.4 is 15.0 Å². The topological polar surface area (TPSA) is 54.5 Å². The summed E-state index contributed by atoms with van der Waals surface area (Å²) in [5.41, 5.74) is 1.20. The average molecular weight is 346 g/mol. The lowest BCUT2D eigenvalue weighted by molar-refractivity contribution is -0.120. The number of fused-ring (bicyclic) bond motifs is 1. The summed E-state index contributed by atoms with van der Waals surface area (Å²) in [5.74, 6) is 1.93. The van der Waals surface area contributed by atoms with Gasteiger partial charge in [-0.15, -0.1) is 0 Å². The van der Waals surface area contributed by atoms with Gasteiger partial charge in [-0.2, -0.15) is 0 Å². The number of carbonyl (C=O) groups excluding carboxylic acids is 1. The molecule has 0 radical (unpaired) electrons. The number of carbonyl (C=O) groups is 1. The van der Waals surface area contributed by atoms with Crippen LogP contribution in [0.25, 0.3) is 0 Å². The molecule has 0 saturated carbocycles. The Morgan fingerprint density at radius 3 is 3.00 bits per heavy atom. The van der Waals surface area contributed by atoms with E-state index in [2.05, 4.69) is 16.4 Å². The number of likely N-dealkylation sites (N-methyl/N-ethyl adjacent to an activating group) is 1. The maximum Gasteiger partial charge on any atom is 0.239 e. The first-order valence-corrected chi connectivity index (χ1v) is 8.29. The number of benzene rings is 1. The normalized spacial score (nSPS) is 16.0. The Labute approximate surface area is 146 Å². The molecule has 1 atom stereocenters. The van der Waals surface area contributed by atoms with Gasteiger partial charge in [0.2, 0.25) is 5.91 Å². The highest BCUT2D eigenvalue weighted by Gasteiger charge is 2.20. The third kappa shape index (κ3) is 4.17. The molecule has 1 aliphatic heterocycles. The zero-order chi connectivity index (χ0) is 16.9. The number of nitrogens with one attached hydrogen (secondary N) is 1. The van der Waals surface area contributed by atoms with Crippen molar-refractivity contribution in [1.29, 1.82) is 0 Å².